The molecule has 0 saturated carbocycles. The number of imidazole rings is 2. The standard InChI is InChI=1S/C58H37N5/c1-2-39-27-31-48(32-28-39)61-53-33-29-42(40-15-13-17-44(35-40)57-59-51-23-9-11-25-55(51)62(57)46-19-5-3-6-20-46)37-49(53)50-38-43(30-34-54(50)61)41-16-14-18-45(36-41)58-60-52-24-10-12-26-56(52)63(58)47-21-7-4-8-22-47/h1,3-38H. The average Bonchev–Trinajstić information content (AvgIpc) is 4.05. The first-order valence-electron chi connectivity index (χ1n) is 21.1. The quantitative estimate of drug-likeness (QED) is 0.151. The Bertz CT molecular complexity index is 3510. The third-order valence-electron chi connectivity index (χ3n) is 12.1. The maximum atomic E-state index is 5.79. The Morgan fingerprint density at radius 2 is 0.730 bits per heavy atom. The van der Waals surface area contributed by atoms with Crippen LogP contribution in [-0.2, 0) is 0 Å². The molecule has 3 aromatic heterocycles. The van der Waals surface area contributed by atoms with Crippen LogP contribution in [0.25, 0.3) is 106 Å². The van der Waals surface area contributed by atoms with E-state index in [4.69, 9.17) is 16.4 Å². The average molecular weight is 804 g/mol. The first kappa shape index (κ1) is 36.2. The molecular formula is C58H37N5. The Morgan fingerprint density at radius 1 is 0.317 bits per heavy atom. The highest BCUT2D eigenvalue weighted by molar-refractivity contribution is 6.11. The van der Waals surface area contributed by atoms with Crippen molar-refractivity contribution in [1.29, 1.82) is 0 Å². The lowest BCUT2D eigenvalue weighted by Crippen LogP contribution is -1.97. The van der Waals surface area contributed by atoms with Crippen molar-refractivity contribution in [2.45, 2.75) is 0 Å². The van der Waals surface area contributed by atoms with Crippen LogP contribution in [0.4, 0.5) is 0 Å². The number of rotatable bonds is 7. The van der Waals surface area contributed by atoms with Gasteiger partial charge in [0.05, 0.1) is 33.1 Å². The number of para-hydroxylation sites is 6. The van der Waals surface area contributed by atoms with Crippen molar-refractivity contribution >= 4 is 43.9 Å². The Kier molecular flexibility index (Phi) is 8.48. The first-order chi connectivity index (χ1) is 31.2. The van der Waals surface area contributed by atoms with Gasteiger partial charge in [0.2, 0.25) is 0 Å². The summed E-state index contributed by atoms with van der Waals surface area (Å²) in [6, 6.07) is 77.0. The first-order valence-corrected chi connectivity index (χ1v) is 21.1. The minimum absolute atomic E-state index is 0.852. The summed E-state index contributed by atoms with van der Waals surface area (Å²) in [4.78, 5) is 10.3. The highest BCUT2D eigenvalue weighted by Crippen LogP contribution is 2.39. The van der Waals surface area contributed by atoms with Crippen molar-refractivity contribution < 1.29 is 0 Å². The zero-order chi connectivity index (χ0) is 41.9. The molecule has 0 aliphatic heterocycles. The van der Waals surface area contributed by atoms with Crippen LogP contribution >= 0.6 is 0 Å². The molecule has 0 radical (unpaired) electrons. The molecule has 12 aromatic rings. The van der Waals surface area contributed by atoms with Crippen LogP contribution in [0.2, 0.25) is 0 Å². The van der Waals surface area contributed by atoms with Crippen LogP contribution in [-0.4, -0.2) is 23.7 Å². The van der Waals surface area contributed by atoms with Gasteiger partial charge in [0.1, 0.15) is 11.6 Å². The molecular weight excluding hydrogens is 767 g/mol. The van der Waals surface area contributed by atoms with Gasteiger partial charge in [0, 0.05) is 44.5 Å². The van der Waals surface area contributed by atoms with E-state index in [0.717, 1.165) is 112 Å². The Balaban J connectivity index is 1.01. The van der Waals surface area contributed by atoms with Crippen molar-refractivity contribution in [1.82, 2.24) is 23.7 Å². The SMILES string of the molecule is C#Cc1ccc(-n2c3ccc(-c4cccc(-c5nc6ccccc6n5-c5ccccc5)c4)cc3c3cc(-c4cccc(-c5nc6ccccc6n5-c5ccccc5)c4)ccc32)cc1. The summed E-state index contributed by atoms with van der Waals surface area (Å²) in [7, 11) is 0. The van der Waals surface area contributed by atoms with Crippen molar-refractivity contribution in [3.8, 4) is 74.4 Å². The summed E-state index contributed by atoms with van der Waals surface area (Å²) in [6.07, 6.45) is 5.79. The van der Waals surface area contributed by atoms with E-state index in [2.05, 4.69) is 202 Å². The van der Waals surface area contributed by atoms with E-state index in [1.165, 1.54) is 0 Å². The molecule has 0 saturated heterocycles. The fraction of sp³-hybridized carbons (Fsp3) is 0. The second kappa shape index (κ2) is 14.8. The summed E-state index contributed by atoms with van der Waals surface area (Å²) in [6.45, 7) is 0. The molecule has 0 bridgehead atoms. The molecule has 0 spiro atoms. The van der Waals surface area contributed by atoms with Gasteiger partial charge in [-0.05, 0) is 131 Å². The smallest absolute Gasteiger partial charge is 0.145 e. The van der Waals surface area contributed by atoms with Gasteiger partial charge in [-0.2, -0.15) is 0 Å². The molecule has 12 rings (SSSR count). The van der Waals surface area contributed by atoms with Crippen LogP contribution in [0.3, 0.4) is 0 Å². The van der Waals surface area contributed by atoms with Gasteiger partial charge in [0.15, 0.2) is 0 Å². The summed E-state index contributed by atoms with van der Waals surface area (Å²) < 4.78 is 6.85. The van der Waals surface area contributed by atoms with Crippen molar-refractivity contribution in [3.63, 3.8) is 0 Å². The van der Waals surface area contributed by atoms with Crippen LogP contribution in [0.1, 0.15) is 5.56 Å². The molecule has 3 heterocycles. The minimum atomic E-state index is 0.852. The van der Waals surface area contributed by atoms with E-state index in [9.17, 15) is 0 Å². The highest BCUT2D eigenvalue weighted by atomic mass is 15.1. The van der Waals surface area contributed by atoms with Gasteiger partial charge in [-0.25, -0.2) is 9.97 Å². The lowest BCUT2D eigenvalue weighted by molar-refractivity contribution is 1.10. The number of hydrogen-bond donors (Lipinski definition) is 0. The lowest BCUT2D eigenvalue weighted by atomic mass is 9.98. The zero-order valence-electron chi connectivity index (χ0n) is 34.1. The van der Waals surface area contributed by atoms with E-state index < -0.39 is 0 Å². The predicted octanol–water partition coefficient (Wildman–Crippen LogP) is 14.1. The molecule has 63 heavy (non-hydrogen) atoms. The second-order valence-electron chi connectivity index (χ2n) is 15.8. The molecule has 0 unspecified atom stereocenters. The van der Waals surface area contributed by atoms with Gasteiger partial charge in [0.25, 0.3) is 0 Å². The van der Waals surface area contributed by atoms with Gasteiger partial charge >= 0.3 is 0 Å². The Labute approximate surface area is 364 Å². The largest absolute Gasteiger partial charge is 0.309 e. The van der Waals surface area contributed by atoms with E-state index >= 15 is 0 Å². The summed E-state index contributed by atoms with van der Waals surface area (Å²) in [5.74, 6) is 4.59. The van der Waals surface area contributed by atoms with Crippen molar-refractivity contribution in [3.05, 3.63) is 224 Å². The predicted molar refractivity (Wildman–Crippen MR) is 260 cm³/mol. The fourth-order valence-electron chi connectivity index (χ4n) is 9.16. The topological polar surface area (TPSA) is 40.6 Å². The molecule has 294 valence electrons. The Hall–Kier alpha value is -8.72. The monoisotopic (exact) mass is 803 g/mol. The molecule has 9 aromatic carbocycles. The number of fused-ring (bicyclic) bond motifs is 5. The van der Waals surface area contributed by atoms with Crippen molar-refractivity contribution in [2.75, 3.05) is 0 Å². The van der Waals surface area contributed by atoms with Crippen LogP contribution < -0.4 is 0 Å². The van der Waals surface area contributed by atoms with E-state index in [1.54, 1.807) is 0 Å². The molecule has 0 fully saturated rings. The molecule has 0 atom stereocenters. The molecule has 5 nitrogen and oxygen atoms in total. The summed E-state index contributed by atoms with van der Waals surface area (Å²) in [5, 5.41) is 2.32. The highest BCUT2D eigenvalue weighted by Gasteiger charge is 2.19. The minimum Gasteiger partial charge on any atom is -0.309 e. The van der Waals surface area contributed by atoms with E-state index in [1.807, 2.05) is 36.4 Å². The molecule has 0 N–H and O–H groups in total. The maximum Gasteiger partial charge on any atom is 0.145 e. The normalized spacial score (nSPS) is 11.5. The molecule has 0 aliphatic carbocycles. The van der Waals surface area contributed by atoms with Gasteiger partial charge in [-0.3, -0.25) is 9.13 Å². The molecule has 0 aliphatic rings. The maximum absolute atomic E-state index is 5.79. The Morgan fingerprint density at radius 3 is 1.21 bits per heavy atom. The van der Waals surface area contributed by atoms with Crippen LogP contribution in [0, 0.1) is 12.3 Å². The van der Waals surface area contributed by atoms with Crippen molar-refractivity contribution in [2.24, 2.45) is 0 Å². The number of terminal acetylenes is 1. The van der Waals surface area contributed by atoms with Gasteiger partial charge < -0.3 is 4.57 Å². The van der Waals surface area contributed by atoms with E-state index in [0.29, 0.717) is 0 Å². The fourth-order valence-corrected chi connectivity index (χ4v) is 9.16. The third kappa shape index (κ3) is 6.12. The van der Waals surface area contributed by atoms with Gasteiger partial charge in [-0.15, -0.1) is 6.42 Å². The van der Waals surface area contributed by atoms with Crippen LogP contribution in [0.15, 0.2) is 218 Å². The second-order valence-corrected chi connectivity index (χ2v) is 15.8. The number of benzene rings is 9. The number of aromatic nitrogens is 5. The molecule has 5 heteroatoms. The lowest BCUT2D eigenvalue weighted by Gasteiger charge is -2.11. The summed E-state index contributed by atoms with van der Waals surface area (Å²) >= 11 is 0. The van der Waals surface area contributed by atoms with E-state index in [-0.39, 0.29) is 0 Å². The summed E-state index contributed by atoms with van der Waals surface area (Å²) in [5.41, 5.74) is 16.9. The van der Waals surface area contributed by atoms with Crippen LogP contribution in [0.5, 0.6) is 0 Å². The molecule has 0 amide bonds. The zero-order valence-corrected chi connectivity index (χ0v) is 34.1. The number of hydrogen-bond acceptors (Lipinski definition) is 2. The van der Waals surface area contributed by atoms with Gasteiger partial charge in [-0.1, -0.05) is 115 Å². The third-order valence-corrected chi connectivity index (χ3v) is 12.1. The number of nitrogens with zero attached hydrogens (tertiary/aromatic N) is 5.